The SMILES string of the molecule is COC(=O)C1=CCN(Cc2ccccc2)C=C1. The van der Waals surface area contributed by atoms with E-state index < -0.39 is 0 Å². The largest absolute Gasteiger partial charge is 0.465 e. The third kappa shape index (κ3) is 2.97. The van der Waals surface area contributed by atoms with Crippen molar-refractivity contribution in [2.45, 2.75) is 6.54 Å². The first-order chi connectivity index (χ1) is 8.29. The van der Waals surface area contributed by atoms with Gasteiger partial charge in [0.2, 0.25) is 0 Å². The van der Waals surface area contributed by atoms with Gasteiger partial charge in [-0.3, -0.25) is 0 Å². The lowest BCUT2D eigenvalue weighted by molar-refractivity contribution is -0.135. The standard InChI is InChI=1S/C14H15NO2/c1-17-14(16)13-7-9-15(10-8-13)11-12-5-3-2-4-6-12/h2-9H,10-11H2,1H3. The fourth-order valence-corrected chi connectivity index (χ4v) is 1.73. The van der Waals surface area contributed by atoms with E-state index in [1.54, 1.807) is 6.08 Å². The van der Waals surface area contributed by atoms with Gasteiger partial charge in [-0.05, 0) is 11.6 Å². The maximum absolute atomic E-state index is 11.3. The third-order valence-corrected chi connectivity index (χ3v) is 2.66. The highest BCUT2D eigenvalue weighted by molar-refractivity contribution is 5.91. The third-order valence-electron chi connectivity index (χ3n) is 2.66. The quantitative estimate of drug-likeness (QED) is 0.743. The minimum absolute atomic E-state index is 0.277. The van der Waals surface area contributed by atoms with Crippen molar-refractivity contribution in [3.8, 4) is 0 Å². The maximum atomic E-state index is 11.3. The number of nitrogens with zero attached hydrogens (tertiary/aromatic N) is 1. The van der Waals surface area contributed by atoms with E-state index in [0.29, 0.717) is 5.57 Å². The molecular formula is C14H15NO2. The van der Waals surface area contributed by atoms with Crippen LogP contribution >= 0.6 is 0 Å². The summed E-state index contributed by atoms with van der Waals surface area (Å²) in [5, 5.41) is 0. The van der Waals surface area contributed by atoms with Gasteiger partial charge in [-0.15, -0.1) is 0 Å². The summed E-state index contributed by atoms with van der Waals surface area (Å²) in [5.74, 6) is -0.277. The summed E-state index contributed by atoms with van der Waals surface area (Å²) in [6.07, 6.45) is 5.60. The Morgan fingerprint density at radius 3 is 2.71 bits per heavy atom. The number of hydrogen-bond acceptors (Lipinski definition) is 3. The Bertz CT molecular complexity index is 449. The van der Waals surface area contributed by atoms with Crippen molar-refractivity contribution >= 4 is 5.97 Å². The topological polar surface area (TPSA) is 29.5 Å². The summed E-state index contributed by atoms with van der Waals surface area (Å²) in [4.78, 5) is 13.4. The summed E-state index contributed by atoms with van der Waals surface area (Å²) in [5.41, 5.74) is 1.88. The second-order valence-electron chi connectivity index (χ2n) is 3.88. The molecule has 0 saturated carbocycles. The highest BCUT2D eigenvalue weighted by atomic mass is 16.5. The molecule has 0 spiro atoms. The first-order valence-corrected chi connectivity index (χ1v) is 5.54. The van der Waals surface area contributed by atoms with Crippen molar-refractivity contribution < 1.29 is 9.53 Å². The molecule has 0 saturated heterocycles. The van der Waals surface area contributed by atoms with E-state index in [1.165, 1.54) is 12.7 Å². The van der Waals surface area contributed by atoms with Gasteiger partial charge in [0.25, 0.3) is 0 Å². The Morgan fingerprint density at radius 1 is 1.35 bits per heavy atom. The Hall–Kier alpha value is -2.03. The van der Waals surface area contributed by atoms with Gasteiger partial charge in [-0.2, -0.15) is 0 Å². The average Bonchev–Trinajstić information content (AvgIpc) is 2.40. The second-order valence-corrected chi connectivity index (χ2v) is 3.88. The van der Waals surface area contributed by atoms with E-state index in [-0.39, 0.29) is 5.97 Å². The Morgan fingerprint density at radius 2 is 2.12 bits per heavy atom. The van der Waals surface area contributed by atoms with E-state index in [9.17, 15) is 4.79 Å². The van der Waals surface area contributed by atoms with Gasteiger partial charge in [0.15, 0.2) is 0 Å². The zero-order chi connectivity index (χ0) is 12.1. The van der Waals surface area contributed by atoms with Crippen LogP contribution in [0.25, 0.3) is 0 Å². The van der Waals surface area contributed by atoms with Crippen molar-refractivity contribution in [1.29, 1.82) is 0 Å². The van der Waals surface area contributed by atoms with Crippen LogP contribution in [0.5, 0.6) is 0 Å². The number of rotatable bonds is 3. The number of esters is 1. The number of carbonyl (C=O) groups excluding carboxylic acids is 1. The van der Waals surface area contributed by atoms with E-state index in [1.807, 2.05) is 30.5 Å². The number of methoxy groups -OCH3 is 1. The van der Waals surface area contributed by atoms with Crippen LogP contribution < -0.4 is 0 Å². The fraction of sp³-hybridized carbons (Fsp3) is 0.214. The monoisotopic (exact) mass is 229 g/mol. The van der Waals surface area contributed by atoms with Gasteiger partial charge >= 0.3 is 5.97 Å². The molecule has 0 aromatic heterocycles. The van der Waals surface area contributed by atoms with Crippen molar-refractivity contribution in [3.63, 3.8) is 0 Å². The molecule has 2 rings (SSSR count). The second kappa shape index (κ2) is 5.34. The van der Waals surface area contributed by atoms with Gasteiger partial charge in [-0.1, -0.05) is 36.4 Å². The molecular weight excluding hydrogens is 214 g/mol. The lowest BCUT2D eigenvalue weighted by atomic mass is 10.1. The lowest BCUT2D eigenvalue weighted by Gasteiger charge is -2.22. The molecule has 1 heterocycles. The van der Waals surface area contributed by atoms with Crippen LogP contribution in [0.3, 0.4) is 0 Å². The van der Waals surface area contributed by atoms with Crippen molar-refractivity contribution in [2.75, 3.05) is 13.7 Å². The number of benzene rings is 1. The molecule has 0 radical (unpaired) electrons. The molecule has 1 aromatic rings. The molecule has 0 atom stereocenters. The molecule has 0 unspecified atom stereocenters. The first-order valence-electron chi connectivity index (χ1n) is 5.54. The highest BCUT2D eigenvalue weighted by Crippen LogP contribution is 2.12. The number of carbonyl (C=O) groups is 1. The summed E-state index contributed by atoms with van der Waals surface area (Å²) in [6.45, 7) is 1.58. The normalized spacial score (nSPS) is 14.4. The van der Waals surface area contributed by atoms with Gasteiger partial charge < -0.3 is 9.64 Å². The van der Waals surface area contributed by atoms with Gasteiger partial charge in [0.05, 0.1) is 12.7 Å². The van der Waals surface area contributed by atoms with Crippen LogP contribution in [-0.2, 0) is 16.1 Å². The molecule has 1 aromatic carbocycles. The summed E-state index contributed by atoms with van der Waals surface area (Å²) in [7, 11) is 1.40. The molecule has 1 aliphatic rings. The molecule has 3 nitrogen and oxygen atoms in total. The predicted octanol–water partition coefficient (Wildman–Crippen LogP) is 2.12. The van der Waals surface area contributed by atoms with Gasteiger partial charge in [0, 0.05) is 19.3 Å². The van der Waals surface area contributed by atoms with Gasteiger partial charge in [-0.25, -0.2) is 4.79 Å². The van der Waals surface area contributed by atoms with Crippen molar-refractivity contribution in [3.05, 3.63) is 59.8 Å². The van der Waals surface area contributed by atoms with Crippen LogP contribution in [0.2, 0.25) is 0 Å². The minimum atomic E-state index is -0.277. The van der Waals surface area contributed by atoms with Crippen LogP contribution in [0, 0.1) is 0 Å². The Kier molecular flexibility index (Phi) is 3.60. The van der Waals surface area contributed by atoms with Crippen LogP contribution in [0.1, 0.15) is 5.56 Å². The predicted molar refractivity (Wildman–Crippen MR) is 66.1 cm³/mol. The molecule has 0 bridgehead atoms. The van der Waals surface area contributed by atoms with Crippen LogP contribution in [0.15, 0.2) is 54.3 Å². The van der Waals surface area contributed by atoms with Gasteiger partial charge in [0.1, 0.15) is 0 Å². The van der Waals surface area contributed by atoms with E-state index in [4.69, 9.17) is 0 Å². The smallest absolute Gasteiger partial charge is 0.337 e. The van der Waals surface area contributed by atoms with Crippen LogP contribution in [0.4, 0.5) is 0 Å². The summed E-state index contributed by atoms with van der Waals surface area (Å²) < 4.78 is 4.67. The molecule has 1 aliphatic heterocycles. The number of ether oxygens (including phenoxy) is 1. The Labute approximate surface area is 101 Å². The lowest BCUT2D eigenvalue weighted by Crippen LogP contribution is -2.21. The molecule has 0 fully saturated rings. The van der Waals surface area contributed by atoms with Crippen molar-refractivity contribution in [1.82, 2.24) is 4.90 Å². The molecule has 0 N–H and O–H groups in total. The maximum Gasteiger partial charge on any atom is 0.337 e. The molecule has 0 amide bonds. The zero-order valence-corrected chi connectivity index (χ0v) is 9.80. The first kappa shape index (κ1) is 11.5. The summed E-state index contributed by atoms with van der Waals surface area (Å²) >= 11 is 0. The minimum Gasteiger partial charge on any atom is -0.465 e. The van der Waals surface area contributed by atoms with Crippen molar-refractivity contribution in [2.24, 2.45) is 0 Å². The van der Waals surface area contributed by atoms with E-state index in [2.05, 4.69) is 21.8 Å². The molecule has 17 heavy (non-hydrogen) atoms. The molecule has 88 valence electrons. The molecule has 3 heteroatoms. The van der Waals surface area contributed by atoms with E-state index in [0.717, 1.165) is 13.1 Å². The van der Waals surface area contributed by atoms with E-state index >= 15 is 0 Å². The highest BCUT2D eigenvalue weighted by Gasteiger charge is 2.11. The Balaban J connectivity index is 1.95. The summed E-state index contributed by atoms with van der Waals surface area (Å²) in [6, 6.07) is 10.2. The van der Waals surface area contributed by atoms with Crippen LogP contribution in [-0.4, -0.2) is 24.5 Å². The molecule has 0 aliphatic carbocycles. The average molecular weight is 229 g/mol. The number of hydrogen-bond donors (Lipinski definition) is 0. The zero-order valence-electron chi connectivity index (χ0n) is 9.80. The fourth-order valence-electron chi connectivity index (χ4n) is 1.73.